The summed E-state index contributed by atoms with van der Waals surface area (Å²) in [6.45, 7) is 0. The first-order valence-corrected chi connectivity index (χ1v) is 10.4. The molecule has 0 radical (unpaired) electrons. The van der Waals surface area contributed by atoms with E-state index in [9.17, 15) is 13.2 Å². The molecule has 4 aromatic rings. The van der Waals surface area contributed by atoms with Gasteiger partial charge in [0, 0.05) is 10.0 Å². The smallest absolute Gasteiger partial charge is 0.251 e. The van der Waals surface area contributed by atoms with Crippen LogP contribution in [0.3, 0.4) is 0 Å². The lowest BCUT2D eigenvalue weighted by molar-refractivity contribution is 0.0998. The van der Waals surface area contributed by atoms with Crippen LogP contribution in [0.15, 0.2) is 96.2 Å². The van der Waals surface area contributed by atoms with Crippen molar-refractivity contribution < 1.29 is 22.2 Å². The minimum Gasteiger partial charge on any atom is -0.461 e. The van der Waals surface area contributed by atoms with Gasteiger partial charge in [-0.15, -0.1) is 0 Å². The van der Waals surface area contributed by atoms with Crippen molar-refractivity contribution in [3.8, 4) is 11.3 Å². The fraction of sp³-hybridized carbons (Fsp3) is 0. The number of carbonyl (C=O) groups is 1. The van der Waals surface area contributed by atoms with Gasteiger partial charge in [0.2, 0.25) is 9.84 Å². The van der Waals surface area contributed by atoms with Crippen molar-refractivity contribution in [2.24, 2.45) is 0 Å². The van der Waals surface area contributed by atoms with Crippen LogP contribution in [0.2, 0.25) is 0 Å². The van der Waals surface area contributed by atoms with Gasteiger partial charge in [-0.25, -0.2) is 8.42 Å². The zero-order valence-electron chi connectivity index (χ0n) is 14.2. The Bertz CT molecular complexity index is 1230. The van der Waals surface area contributed by atoms with Crippen molar-refractivity contribution in [3.05, 3.63) is 88.9 Å². The summed E-state index contributed by atoms with van der Waals surface area (Å²) in [6, 6.07) is 17.6. The molecule has 0 spiro atoms. The summed E-state index contributed by atoms with van der Waals surface area (Å²) in [6.07, 6.45) is 1.33. The molecular formula is C20H12BrNO5S. The van der Waals surface area contributed by atoms with Crippen LogP contribution in [0, 0.1) is 0 Å². The van der Waals surface area contributed by atoms with Gasteiger partial charge in [0.05, 0.1) is 11.2 Å². The Hall–Kier alpha value is -2.97. The topological polar surface area (TPSA) is 90.4 Å². The maximum Gasteiger partial charge on any atom is 0.251 e. The molecule has 0 fully saturated rings. The molecule has 0 atom stereocenters. The van der Waals surface area contributed by atoms with Gasteiger partial charge in [-0.3, -0.25) is 4.79 Å². The van der Waals surface area contributed by atoms with Crippen LogP contribution in [-0.4, -0.2) is 19.4 Å². The van der Waals surface area contributed by atoms with Crippen molar-refractivity contribution in [3.63, 3.8) is 0 Å². The summed E-state index contributed by atoms with van der Waals surface area (Å²) in [7, 11) is -4.08. The molecule has 0 bridgehead atoms. The van der Waals surface area contributed by atoms with Crippen molar-refractivity contribution in [1.82, 2.24) is 5.16 Å². The predicted molar refractivity (Wildman–Crippen MR) is 104 cm³/mol. The number of hydrogen-bond donors (Lipinski definition) is 0. The van der Waals surface area contributed by atoms with Gasteiger partial charge in [0.1, 0.15) is 0 Å². The Balaban J connectivity index is 1.97. The third kappa shape index (κ3) is 3.21. The molecule has 0 aliphatic carbocycles. The first kappa shape index (κ1) is 18.4. The van der Waals surface area contributed by atoms with Gasteiger partial charge in [0.15, 0.2) is 22.1 Å². The van der Waals surface area contributed by atoms with E-state index in [0.29, 0.717) is 5.56 Å². The average Bonchev–Trinajstić information content (AvgIpc) is 3.39. The number of hydrogen-bond acceptors (Lipinski definition) is 6. The Morgan fingerprint density at radius 3 is 2.29 bits per heavy atom. The lowest BCUT2D eigenvalue weighted by atomic mass is 10.1. The van der Waals surface area contributed by atoms with E-state index in [1.807, 2.05) is 0 Å². The lowest BCUT2D eigenvalue weighted by Crippen LogP contribution is -2.10. The van der Waals surface area contributed by atoms with E-state index in [2.05, 4.69) is 21.1 Å². The summed E-state index contributed by atoms with van der Waals surface area (Å²) >= 11 is 3.34. The number of rotatable bonds is 5. The molecule has 0 unspecified atom stereocenters. The van der Waals surface area contributed by atoms with Crippen LogP contribution in [0.1, 0.15) is 16.2 Å². The molecule has 0 amide bonds. The molecule has 0 aliphatic heterocycles. The van der Waals surface area contributed by atoms with Gasteiger partial charge in [-0.05, 0) is 48.5 Å². The minimum atomic E-state index is -4.08. The van der Waals surface area contributed by atoms with Crippen LogP contribution in [0.4, 0.5) is 0 Å². The molecule has 0 N–H and O–H groups in total. The molecule has 0 saturated heterocycles. The van der Waals surface area contributed by atoms with E-state index in [0.717, 1.165) is 4.47 Å². The van der Waals surface area contributed by atoms with Gasteiger partial charge in [-0.2, -0.15) is 0 Å². The molecule has 6 nitrogen and oxygen atoms in total. The number of sulfone groups is 1. The van der Waals surface area contributed by atoms with Crippen LogP contribution >= 0.6 is 15.9 Å². The molecule has 0 aliphatic rings. The number of aromatic nitrogens is 1. The second-order valence-corrected chi connectivity index (χ2v) is 8.62. The number of nitrogens with zero attached hydrogens (tertiary/aromatic N) is 1. The fourth-order valence-corrected chi connectivity index (χ4v) is 4.50. The van der Waals surface area contributed by atoms with E-state index in [4.69, 9.17) is 8.94 Å². The normalized spacial score (nSPS) is 11.5. The Labute approximate surface area is 168 Å². The molecule has 0 saturated carbocycles. The maximum atomic E-state index is 13.4. The van der Waals surface area contributed by atoms with Crippen molar-refractivity contribution in [2.75, 3.05) is 0 Å². The summed E-state index contributed by atoms with van der Waals surface area (Å²) in [5.74, 6) is -0.710. The van der Waals surface area contributed by atoms with Crippen molar-refractivity contribution in [2.45, 2.75) is 9.79 Å². The monoisotopic (exact) mass is 457 g/mol. The second-order valence-electron chi connectivity index (χ2n) is 5.82. The van der Waals surface area contributed by atoms with Crippen LogP contribution in [-0.2, 0) is 9.84 Å². The predicted octanol–water partition coefficient (Wildman–Crippen LogP) is 4.76. The number of halogens is 1. The number of furan rings is 1. The maximum absolute atomic E-state index is 13.4. The van der Waals surface area contributed by atoms with E-state index >= 15 is 0 Å². The Morgan fingerprint density at radius 2 is 1.64 bits per heavy atom. The number of benzene rings is 2. The standard InChI is InChI=1S/C20H12BrNO5S/c21-14-10-8-13(9-11-14)19-20(28(24,25)15-5-2-1-3-6-15)17(22-27-19)18(23)16-7-4-12-26-16/h1-12H. The molecule has 4 rings (SSSR count). The summed E-state index contributed by atoms with van der Waals surface area (Å²) in [5.41, 5.74) is 0.153. The van der Waals surface area contributed by atoms with Gasteiger partial charge < -0.3 is 8.94 Å². The number of carbonyl (C=O) groups excluding carboxylic acids is 1. The lowest BCUT2D eigenvalue weighted by Gasteiger charge is -2.06. The Kier molecular flexibility index (Phi) is 4.74. The molecule has 140 valence electrons. The molecule has 28 heavy (non-hydrogen) atoms. The van der Waals surface area contributed by atoms with Gasteiger partial charge in [-0.1, -0.05) is 39.3 Å². The van der Waals surface area contributed by atoms with E-state index in [-0.39, 0.29) is 27.0 Å². The van der Waals surface area contributed by atoms with Crippen LogP contribution < -0.4 is 0 Å². The second kappa shape index (κ2) is 7.21. The average molecular weight is 458 g/mol. The molecule has 2 aromatic heterocycles. The van der Waals surface area contributed by atoms with E-state index in [1.54, 1.807) is 42.5 Å². The fourth-order valence-electron chi connectivity index (χ4n) is 2.70. The van der Waals surface area contributed by atoms with Crippen molar-refractivity contribution >= 4 is 31.6 Å². The largest absolute Gasteiger partial charge is 0.461 e. The van der Waals surface area contributed by atoms with Gasteiger partial charge in [0.25, 0.3) is 5.78 Å². The molecule has 8 heteroatoms. The SMILES string of the molecule is O=C(c1ccco1)c1noc(-c2ccc(Br)cc2)c1S(=O)(=O)c1ccccc1. The highest BCUT2D eigenvalue weighted by molar-refractivity contribution is 9.10. The van der Waals surface area contributed by atoms with E-state index < -0.39 is 15.6 Å². The number of ketones is 1. The minimum absolute atomic E-state index is 0.00809. The highest BCUT2D eigenvalue weighted by atomic mass is 79.9. The first-order valence-electron chi connectivity index (χ1n) is 8.12. The van der Waals surface area contributed by atoms with Gasteiger partial charge >= 0.3 is 0 Å². The van der Waals surface area contributed by atoms with E-state index in [1.165, 1.54) is 30.5 Å². The molecular weight excluding hydrogens is 446 g/mol. The quantitative estimate of drug-likeness (QED) is 0.401. The first-order chi connectivity index (χ1) is 13.5. The highest BCUT2D eigenvalue weighted by Crippen LogP contribution is 2.35. The third-order valence-electron chi connectivity index (χ3n) is 4.04. The zero-order chi connectivity index (χ0) is 19.7. The highest BCUT2D eigenvalue weighted by Gasteiger charge is 2.35. The van der Waals surface area contributed by atoms with Crippen LogP contribution in [0.25, 0.3) is 11.3 Å². The van der Waals surface area contributed by atoms with Crippen LogP contribution in [0.5, 0.6) is 0 Å². The summed E-state index contributed by atoms with van der Waals surface area (Å²) in [5, 5.41) is 3.79. The Morgan fingerprint density at radius 1 is 0.929 bits per heavy atom. The summed E-state index contributed by atoms with van der Waals surface area (Å²) in [4.78, 5) is 12.6. The molecule has 2 heterocycles. The summed E-state index contributed by atoms with van der Waals surface area (Å²) < 4.78 is 38.0. The third-order valence-corrected chi connectivity index (χ3v) is 6.38. The molecule has 2 aromatic carbocycles. The van der Waals surface area contributed by atoms with Crippen molar-refractivity contribution in [1.29, 1.82) is 0 Å². The zero-order valence-corrected chi connectivity index (χ0v) is 16.6.